The van der Waals surface area contributed by atoms with E-state index in [9.17, 15) is 4.79 Å². The summed E-state index contributed by atoms with van der Waals surface area (Å²) in [7, 11) is 3.13. The van der Waals surface area contributed by atoms with Crippen LogP contribution in [0.25, 0.3) is 0 Å². The van der Waals surface area contributed by atoms with Gasteiger partial charge in [-0.1, -0.05) is 12.5 Å². The van der Waals surface area contributed by atoms with Gasteiger partial charge in [-0.2, -0.15) is 0 Å². The van der Waals surface area contributed by atoms with Crippen molar-refractivity contribution in [1.29, 1.82) is 0 Å². The Morgan fingerprint density at radius 3 is 2.28 bits per heavy atom. The lowest BCUT2D eigenvalue weighted by atomic mass is 9.63. The summed E-state index contributed by atoms with van der Waals surface area (Å²) < 4.78 is 10.3. The van der Waals surface area contributed by atoms with Gasteiger partial charge in [-0.05, 0) is 49.4 Å². The van der Waals surface area contributed by atoms with E-state index in [0.29, 0.717) is 0 Å². The van der Waals surface area contributed by atoms with Gasteiger partial charge in [-0.15, -0.1) is 0 Å². The Labute approximate surface area is 108 Å². The van der Waals surface area contributed by atoms with E-state index in [2.05, 4.69) is 6.07 Å². The number of ether oxygens (including phenoxy) is 2. The first-order valence-electron chi connectivity index (χ1n) is 6.29. The van der Waals surface area contributed by atoms with Crippen molar-refractivity contribution >= 4 is 5.97 Å². The maximum atomic E-state index is 12.1. The van der Waals surface area contributed by atoms with E-state index in [-0.39, 0.29) is 5.97 Å². The Kier molecular flexibility index (Phi) is 3.33. The third kappa shape index (κ3) is 1.78. The Bertz CT molecular complexity index is 473. The summed E-state index contributed by atoms with van der Waals surface area (Å²) in [6.45, 7) is 4.03. The second kappa shape index (κ2) is 4.63. The summed E-state index contributed by atoms with van der Waals surface area (Å²) in [6.07, 6.45) is 2.85. The van der Waals surface area contributed by atoms with Crippen LogP contribution in [0, 0.1) is 13.8 Å². The predicted molar refractivity (Wildman–Crippen MR) is 70.0 cm³/mol. The summed E-state index contributed by atoms with van der Waals surface area (Å²) in [5, 5.41) is 0. The van der Waals surface area contributed by atoms with Crippen molar-refractivity contribution in [1.82, 2.24) is 0 Å². The maximum absolute atomic E-state index is 12.1. The molecule has 1 aromatic carbocycles. The van der Waals surface area contributed by atoms with E-state index in [1.165, 1.54) is 7.11 Å². The average Bonchev–Trinajstić information content (AvgIpc) is 2.31. The topological polar surface area (TPSA) is 35.5 Å². The summed E-state index contributed by atoms with van der Waals surface area (Å²) in [4.78, 5) is 12.1. The second-order valence-electron chi connectivity index (χ2n) is 5.06. The predicted octanol–water partition coefficient (Wildman–Crippen LogP) is 2.91. The SMILES string of the molecule is COC(=O)C1(c2cc(C)c(OC)cc2C)CCC1. The molecule has 0 atom stereocenters. The number of aryl methyl sites for hydroxylation is 2. The maximum Gasteiger partial charge on any atom is 0.316 e. The highest BCUT2D eigenvalue weighted by Crippen LogP contribution is 2.46. The van der Waals surface area contributed by atoms with Gasteiger partial charge in [0.1, 0.15) is 5.75 Å². The van der Waals surface area contributed by atoms with Gasteiger partial charge in [-0.3, -0.25) is 4.79 Å². The molecule has 0 saturated heterocycles. The van der Waals surface area contributed by atoms with E-state index in [0.717, 1.165) is 41.7 Å². The lowest BCUT2D eigenvalue weighted by Gasteiger charge is -2.40. The highest BCUT2D eigenvalue weighted by Gasteiger charge is 2.47. The molecule has 0 amide bonds. The van der Waals surface area contributed by atoms with Gasteiger partial charge < -0.3 is 9.47 Å². The quantitative estimate of drug-likeness (QED) is 0.771. The van der Waals surface area contributed by atoms with Crippen LogP contribution in [-0.4, -0.2) is 20.2 Å². The standard InChI is InChI=1S/C15H20O3/c1-10-9-13(17-3)11(2)8-12(10)15(6-5-7-15)14(16)18-4/h8-9H,5-7H2,1-4H3. The van der Waals surface area contributed by atoms with Crippen molar-refractivity contribution in [3.05, 3.63) is 28.8 Å². The van der Waals surface area contributed by atoms with Crippen molar-refractivity contribution in [2.24, 2.45) is 0 Å². The Hall–Kier alpha value is -1.51. The van der Waals surface area contributed by atoms with Gasteiger partial charge in [0.25, 0.3) is 0 Å². The molecule has 1 aromatic rings. The first-order valence-corrected chi connectivity index (χ1v) is 6.29. The third-order valence-corrected chi connectivity index (χ3v) is 4.04. The molecule has 0 bridgehead atoms. The molecule has 98 valence electrons. The minimum Gasteiger partial charge on any atom is -0.496 e. The number of esters is 1. The number of carbonyl (C=O) groups is 1. The molecule has 0 heterocycles. The lowest BCUT2D eigenvalue weighted by molar-refractivity contribution is -0.151. The second-order valence-corrected chi connectivity index (χ2v) is 5.06. The zero-order valence-corrected chi connectivity index (χ0v) is 11.5. The molecule has 3 heteroatoms. The van der Waals surface area contributed by atoms with Gasteiger partial charge in [0.2, 0.25) is 0 Å². The third-order valence-electron chi connectivity index (χ3n) is 4.04. The molecular formula is C15H20O3. The Morgan fingerprint density at radius 2 is 1.83 bits per heavy atom. The number of carbonyl (C=O) groups excluding carboxylic acids is 1. The molecule has 0 spiro atoms. The van der Waals surface area contributed by atoms with Crippen LogP contribution in [0.2, 0.25) is 0 Å². The van der Waals surface area contributed by atoms with Gasteiger partial charge in [0.15, 0.2) is 0 Å². The number of hydrogen-bond acceptors (Lipinski definition) is 3. The fourth-order valence-electron chi connectivity index (χ4n) is 2.83. The van der Waals surface area contributed by atoms with Crippen LogP contribution in [0.3, 0.4) is 0 Å². The van der Waals surface area contributed by atoms with Gasteiger partial charge >= 0.3 is 5.97 Å². The molecule has 0 N–H and O–H groups in total. The lowest BCUT2D eigenvalue weighted by Crippen LogP contribution is -2.43. The molecule has 0 aliphatic heterocycles. The minimum absolute atomic E-state index is 0.110. The van der Waals surface area contributed by atoms with E-state index in [1.807, 2.05) is 19.9 Å². The first kappa shape index (κ1) is 12.9. The molecule has 0 radical (unpaired) electrons. The van der Waals surface area contributed by atoms with Crippen LogP contribution in [0.1, 0.15) is 36.0 Å². The Balaban J connectivity index is 2.50. The number of methoxy groups -OCH3 is 2. The van der Waals surface area contributed by atoms with Crippen molar-refractivity contribution < 1.29 is 14.3 Å². The van der Waals surface area contributed by atoms with Crippen molar-refractivity contribution in [2.75, 3.05) is 14.2 Å². The van der Waals surface area contributed by atoms with Crippen LogP contribution in [0.5, 0.6) is 5.75 Å². The van der Waals surface area contributed by atoms with Gasteiger partial charge in [-0.25, -0.2) is 0 Å². The minimum atomic E-state index is -0.421. The summed E-state index contributed by atoms with van der Waals surface area (Å²) in [6, 6.07) is 4.08. The van der Waals surface area contributed by atoms with E-state index >= 15 is 0 Å². The summed E-state index contributed by atoms with van der Waals surface area (Å²) in [5.74, 6) is 0.761. The van der Waals surface area contributed by atoms with Gasteiger partial charge in [0, 0.05) is 0 Å². The fraction of sp³-hybridized carbons (Fsp3) is 0.533. The monoisotopic (exact) mass is 248 g/mol. The van der Waals surface area contributed by atoms with Crippen LogP contribution in [0.15, 0.2) is 12.1 Å². The van der Waals surface area contributed by atoms with Crippen molar-refractivity contribution in [3.8, 4) is 5.75 Å². The number of benzene rings is 1. The first-order chi connectivity index (χ1) is 8.55. The van der Waals surface area contributed by atoms with E-state index in [4.69, 9.17) is 9.47 Å². The normalized spacial score (nSPS) is 16.9. The smallest absolute Gasteiger partial charge is 0.316 e. The highest BCUT2D eigenvalue weighted by molar-refractivity contribution is 5.85. The average molecular weight is 248 g/mol. The molecule has 1 aliphatic carbocycles. The molecule has 0 aromatic heterocycles. The van der Waals surface area contributed by atoms with Crippen LogP contribution in [-0.2, 0) is 14.9 Å². The molecule has 1 fully saturated rings. The molecule has 0 unspecified atom stereocenters. The molecule has 3 nitrogen and oxygen atoms in total. The van der Waals surface area contributed by atoms with Crippen LogP contribution < -0.4 is 4.74 Å². The van der Waals surface area contributed by atoms with Crippen LogP contribution >= 0.6 is 0 Å². The number of rotatable bonds is 3. The largest absolute Gasteiger partial charge is 0.496 e. The highest BCUT2D eigenvalue weighted by atomic mass is 16.5. The number of hydrogen-bond donors (Lipinski definition) is 0. The van der Waals surface area contributed by atoms with Crippen molar-refractivity contribution in [3.63, 3.8) is 0 Å². The fourth-order valence-corrected chi connectivity index (χ4v) is 2.83. The van der Waals surface area contributed by atoms with E-state index in [1.54, 1.807) is 7.11 Å². The zero-order valence-electron chi connectivity index (χ0n) is 11.5. The summed E-state index contributed by atoms with van der Waals surface area (Å²) in [5.41, 5.74) is 2.84. The molecule has 2 rings (SSSR count). The van der Waals surface area contributed by atoms with Crippen molar-refractivity contribution in [2.45, 2.75) is 38.5 Å². The zero-order chi connectivity index (χ0) is 13.3. The molecular weight excluding hydrogens is 228 g/mol. The molecule has 1 aliphatic rings. The van der Waals surface area contributed by atoms with Gasteiger partial charge in [0.05, 0.1) is 19.6 Å². The Morgan fingerprint density at radius 1 is 1.17 bits per heavy atom. The van der Waals surface area contributed by atoms with E-state index < -0.39 is 5.41 Å². The summed E-state index contributed by atoms with van der Waals surface area (Å²) >= 11 is 0. The van der Waals surface area contributed by atoms with Crippen LogP contribution in [0.4, 0.5) is 0 Å². The molecule has 1 saturated carbocycles. The molecule has 18 heavy (non-hydrogen) atoms.